The normalized spacial score (nSPS) is 16.2. The van der Waals surface area contributed by atoms with Gasteiger partial charge in [0.05, 0.1) is 12.2 Å². The van der Waals surface area contributed by atoms with Gasteiger partial charge in [-0.05, 0) is 35.6 Å². The third-order valence-electron chi connectivity index (χ3n) is 4.30. The molecule has 3 N–H and O–H groups in total. The van der Waals surface area contributed by atoms with E-state index < -0.39 is 0 Å². The average Bonchev–Trinajstić information content (AvgIpc) is 2.60. The molecule has 0 saturated carbocycles. The Labute approximate surface area is 143 Å². The van der Waals surface area contributed by atoms with Crippen molar-refractivity contribution in [1.29, 1.82) is 0 Å². The van der Waals surface area contributed by atoms with Crippen molar-refractivity contribution in [2.24, 2.45) is 10.7 Å². The largest absolute Gasteiger partial charge is 0.387 e. The number of aliphatic imine (C=N–C) groups is 1. The number of rotatable bonds is 4. The first kappa shape index (κ1) is 16.1. The first-order chi connectivity index (χ1) is 11.7. The van der Waals surface area contributed by atoms with Crippen molar-refractivity contribution < 1.29 is 0 Å². The molecular weight excluding hydrogens is 294 g/mol. The van der Waals surface area contributed by atoms with E-state index in [2.05, 4.69) is 71.8 Å². The molecule has 0 aliphatic carbocycles. The van der Waals surface area contributed by atoms with E-state index in [0.29, 0.717) is 12.4 Å². The molecular formula is C21H23N3. The highest BCUT2D eigenvalue weighted by molar-refractivity contribution is 6.08. The van der Waals surface area contributed by atoms with Crippen LogP contribution in [0.1, 0.15) is 23.6 Å². The molecule has 3 rings (SSSR count). The van der Waals surface area contributed by atoms with Crippen LogP contribution in [0.5, 0.6) is 0 Å². The molecule has 1 aliphatic heterocycles. The molecule has 0 saturated heterocycles. The van der Waals surface area contributed by atoms with Crippen molar-refractivity contribution in [3.05, 3.63) is 88.5 Å². The van der Waals surface area contributed by atoms with Crippen LogP contribution < -0.4 is 11.1 Å². The summed E-state index contributed by atoms with van der Waals surface area (Å²) in [5.74, 6) is 0.604. The fourth-order valence-electron chi connectivity index (χ4n) is 3.02. The smallest absolute Gasteiger partial charge is 0.128 e. The van der Waals surface area contributed by atoms with E-state index in [9.17, 15) is 0 Å². The molecule has 3 heteroatoms. The van der Waals surface area contributed by atoms with Crippen molar-refractivity contribution in [2.75, 3.05) is 13.6 Å². The van der Waals surface area contributed by atoms with Gasteiger partial charge in [0, 0.05) is 12.6 Å². The van der Waals surface area contributed by atoms with Gasteiger partial charge in [0.1, 0.15) is 5.84 Å². The predicted molar refractivity (Wildman–Crippen MR) is 102 cm³/mol. The lowest BCUT2D eigenvalue weighted by Crippen LogP contribution is -2.23. The van der Waals surface area contributed by atoms with Gasteiger partial charge in [-0.1, -0.05) is 60.7 Å². The number of dihydropyridines is 1. The summed E-state index contributed by atoms with van der Waals surface area (Å²) in [4.78, 5) is 4.35. The molecule has 0 spiro atoms. The molecule has 0 unspecified atom stereocenters. The van der Waals surface area contributed by atoms with Crippen LogP contribution in [-0.2, 0) is 6.42 Å². The van der Waals surface area contributed by atoms with Gasteiger partial charge >= 0.3 is 0 Å². The number of nitrogens with two attached hydrogens (primary N) is 1. The standard InChI is InChI=1S/C21H23N3/c1-15-12-13-24-21(22)19(15)20(23-2)18-10-8-17(9-11-18)14-16-6-4-3-5-7-16/h3-12,23H,13-14H2,1-2H3,(H2,22,24). The summed E-state index contributed by atoms with van der Waals surface area (Å²) in [5.41, 5.74) is 13.1. The first-order valence-corrected chi connectivity index (χ1v) is 8.21. The first-order valence-electron chi connectivity index (χ1n) is 8.21. The maximum absolute atomic E-state index is 6.13. The number of hydrogen-bond acceptors (Lipinski definition) is 3. The molecule has 1 aliphatic rings. The highest BCUT2D eigenvalue weighted by atomic mass is 14.9. The number of nitrogens with zero attached hydrogens (tertiary/aromatic N) is 1. The summed E-state index contributed by atoms with van der Waals surface area (Å²) in [6.45, 7) is 2.74. The summed E-state index contributed by atoms with van der Waals surface area (Å²) < 4.78 is 0. The molecule has 0 radical (unpaired) electrons. The fourth-order valence-corrected chi connectivity index (χ4v) is 3.02. The summed E-state index contributed by atoms with van der Waals surface area (Å²) in [5, 5.41) is 3.30. The van der Waals surface area contributed by atoms with Crippen molar-refractivity contribution in [1.82, 2.24) is 5.32 Å². The molecule has 2 aromatic rings. The second-order valence-electron chi connectivity index (χ2n) is 5.97. The fraction of sp³-hybridized carbons (Fsp3) is 0.190. The van der Waals surface area contributed by atoms with Crippen molar-refractivity contribution in [2.45, 2.75) is 13.3 Å². The van der Waals surface area contributed by atoms with Gasteiger partial charge in [-0.2, -0.15) is 0 Å². The van der Waals surface area contributed by atoms with Gasteiger partial charge in [0.25, 0.3) is 0 Å². The minimum atomic E-state index is 0.604. The molecule has 3 nitrogen and oxygen atoms in total. The van der Waals surface area contributed by atoms with Crippen molar-refractivity contribution in [3.8, 4) is 0 Å². The minimum absolute atomic E-state index is 0.604. The van der Waals surface area contributed by atoms with E-state index in [1.807, 2.05) is 13.1 Å². The molecule has 0 fully saturated rings. The van der Waals surface area contributed by atoms with Gasteiger partial charge in [-0.15, -0.1) is 0 Å². The molecule has 0 aromatic heterocycles. The molecule has 0 amide bonds. The number of nitrogens with one attached hydrogen (secondary N) is 1. The van der Waals surface area contributed by atoms with Crippen LogP contribution in [-0.4, -0.2) is 19.4 Å². The maximum Gasteiger partial charge on any atom is 0.128 e. The zero-order chi connectivity index (χ0) is 16.9. The van der Waals surface area contributed by atoms with Crippen LogP contribution >= 0.6 is 0 Å². The van der Waals surface area contributed by atoms with Crippen molar-refractivity contribution in [3.63, 3.8) is 0 Å². The van der Waals surface area contributed by atoms with Crippen molar-refractivity contribution >= 4 is 11.5 Å². The Morgan fingerprint density at radius 1 is 1.04 bits per heavy atom. The highest BCUT2D eigenvalue weighted by Crippen LogP contribution is 2.24. The van der Waals surface area contributed by atoms with Crippen LogP contribution in [0.3, 0.4) is 0 Å². The molecule has 2 aromatic carbocycles. The second-order valence-corrected chi connectivity index (χ2v) is 5.97. The minimum Gasteiger partial charge on any atom is -0.387 e. The summed E-state index contributed by atoms with van der Waals surface area (Å²) in [6.07, 6.45) is 3.04. The lowest BCUT2D eigenvalue weighted by atomic mass is 9.96. The van der Waals surface area contributed by atoms with Crippen LogP contribution in [0.4, 0.5) is 0 Å². The van der Waals surface area contributed by atoms with Crippen LogP contribution in [0.15, 0.2) is 76.8 Å². The maximum atomic E-state index is 6.13. The van der Waals surface area contributed by atoms with E-state index in [0.717, 1.165) is 23.3 Å². The van der Waals surface area contributed by atoms with Crippen LogP contribution in [0.2, 0.25) is 0 Å². The van der Waals surface area contributed by atoms with Gasteiger partial charge in [-0.25, -0.2) is 0 Å². The summed E-state index contributed by atoms with van der Waals surface area (Å²) in [6, 6.07) is 19.2. The average molecular weight is 317 g/mol. The monoisotopic (exact) mass is 317 g/mol. The van der Waals surface area contributed by atoms with E-state index in [1.54, 1.807) is 0 Å². The Hall–Kier alpha value is -2.81. The molecule has 0 bridgehead atoms. The number of hydrogen-bond donors (Lipinski definition) is 2. The quantitative estimate of drug-likeness (QED) is 0.906. The zero-order valence-corrected chi connectivity index (χ0v) is 14.2. The molecule has 0 atom stereocenters. The van der Waals surface area contributed by atoms with E-state index in [1.165, 1.54) is 16.7 Å². The third-order valence-corrected chi connectivity index (χ3v) is 4.30. The Morgan fingerprint density at radius 2 is 1.71 bits per heavy atom. The molecule has 1 heterocycles. The highest BCUT2D eigenvalue weighted by Gasteiger charge is 2.16. The molecule has 24 heavy (non-hydrogen) atoms. The topological polar surface area (TPSA) is 50.4 Å². The Morgan fingerprint density at radius 3 is 2.33 bits per heavy atom. The Bertz CT molecular complexity index is 777. The Balaban J connectivity index is 1.90. The number of amidine groups is 1. The lowest BCUT2D eigenvalue weighted by Gasteiger charge is -2.19. The summed E-state index contributed by atoms with van der Waals surface area (Å²) in [7, 11) is 1.93. The van der Waals surface area contributed by atoms with Crippen LogP contribution in [0.25, 0.3) is 5.70 Å². The van der Waals surface area contributed by atoms with Crippen LogP contribution in [0, 0.1) is 0 Å². The van der Waals surface area contributed by atoms with Gasteiger partial charge in [0.15, 0.2) is 0 Å². The SMILES string of the molecule is CNC(=C1C(C)=CCN=C1N)c1ccc(Cc2ccccc2)cc1. The summed E-state index contributed by atoms with van der Waals surface area (Å²) >= 11 is 0. The lowest BCUT2D eigenvalue weighted by molar-refractivity contribution is 1.09. The van der Waals surface area contributed by atoms with Gasteiger partial charge in [0.2, 0.25) is 0 Å². The van der Waals surface area contributed by atoms with E-state index in [4.69, 9.17) is 5.73 Å². The second kappa shape index (κ2) is 7.18. The third kappa shape index (κ3) is 3.40. The predicted octanol–water partition coefficient (Wildman–Crippen LogP) is 3.53. The van der Waals surface area contributed by atoms with E-state index in [-0.39, 0.29) is 0 Å². The number of benzene rings is 2. The Kier molecular flexibility index (Phi) is 4.80. The van der Waals surface area contributed by atoms with E-state index >= 15 is 0 Å². The zero-order valence-electron chi connectivity index (χ0n) is 14.2. The molecule has 122 valence electrons. The van der Waals surface area contributed by atoms with Gasteiger partial charge in [-0.3, -0.25) is 4.99 Å². The van der Waals surface area contributed by atoms with Gasteiger partial charge < -0.3 is 11.1 Å².